The summed E-state index contributed by atoms with van der Waals surface area (Å²) in [6.07, 6.45) is 6.12. The van der Waals surface area contributed by atoms with E-state index in [1.54, 1.807) is 11.1 Å². The minimum absolute atomic E-state index is 0.599. The van der Waals surface area contributed by atoms with E-state index in [0.29, 0.717) is 6.04 Å². The zero-order valence-corrected chi connectivity index (χ0v) is 13.9. The van der Waals surface area contributed by atoms with Gasteiger partial charge in [-0.25, -0.2) is 0 Å². The Labute approximate surface area is 132 Å². The lowest BCUT2D eigenvalue weighted by Crippen LogP contribution is -2.38. The molecule has 1 heterocycles. The highest BCUT2D eigenvalue weighted by Crippen LogP contribution is 2.29. The average Bonchev–Trinajstić information content (AvgIpc) is 3.00. The maximum Gasteiger partial charge on any atom is 0.0144 e. The van der Waals surface area contributed by atoms with Crippen LogP contribution in [-0.2, 0) is 25.7 Å². The normalized spacial score (nSPS) is 19.2. The molecule has 0 spiro atoms. The van der Waals surface area contributed by atoms with Crippen molar-refractivity contribution in [3.8, 4) is 0 Å². The molecule has 1 aromatic carbocycles. The van der Waals surface area contributed by atoms with Crippen molar-refractivity contribution in [2.75, 3.05) is 7.05 Å². The lowest BCUT2D eigenvalue weighted by Gasteiger charge is -2.31. The lowest BCUT2D eigenvalue weighted by molar-refractivity contribution is 0.334. The Kier molecular flexibility index (Phi) is 4.77. The summed E-state index contributed by atoms with van der Waals surface area (Å²) in [5.41, 5.74) is 3.13. The molecule has 21 heavy (non-hydrogen) atoms. The van der Waals surface area contributed by atoms with E-state index in [4.69, 9.17) is 0 Å². The molecule has 1 aliphatic rings. The van der Waals surface area contributed by atoms with Crippen molar-refractivity contribution < 1.29 is 0 Å². The Morgan fingerprint density at radius 2 is 1.90 bits per heavy atom. The van der Waals surface area contributed by atoms with Crippen molar-refractivity contribution in [2.24, 2.45) is 5.92 Å². The monoisotopic (exact) mass is 299 g/mol. The van der Waals surface area contributed by atoms with Gasteiger partial charge in [-0.05, 0) is 68.3 Å². The quantitative estimate of drug-likeness (QED) is 0.870. The number of hydrogen-bond acceptors (Lipinski definition) is 2. The number of hydrogen-bond donors (Lipinski definition) is 1. The van der Waals surface area contributed by atoms with Crippen molar-refractivity contribution >= 4 is 11.3 Å². The summed E-state index contributed by atoms with van der Waals surface area (Å²) in [6.45, 7) is 2.24. The SMILES string of the molecule is CCc1ccc(CC(NC)C2CCc3ccccc3C2)s1. The second-order valence-corrected chi connectivity index (χ2v) is 7.35. The van der Waals surface area contributed by atoms with E-state index in [9.17, 15) is 0 Å². The zero-order valence-electron chi connectivity index (χ0n) is 13.1. The van der Waals surface area contributed by atoms with E-state index in [2.05, 4.69) is 55.7 Å². The van der Waals surface area contributed by atoms with Crippen molar-refractivity contribution in [1.29, 1.82) is 0 Å². The Hall–Kier alpha value is -1.12. The van der Waals surface area contributed by atoms with E-state index >= 15 is 0 Å². The van der Waals surface area contributed by atoms with Crippen LogP contribution in [0.2, 0.25) is 0 Å². The second kappa shape index (κ2) is 6.76. The van der Waals surface area contributed by atoms with E-state index in [-0.39, 0.29) is 0 Å². The van der Waals surface area contributed by atoms with Gasteiger partial charge in [-0.2, -0.15) is 0 Å². The van der Waals surface area contributed by atoms with E-state index in [1.165, 1.54) is 35.4 Å². The number of thiophene rings is 1. The van der Waals surface area contributed by atoms with Crippen LogP contribution in [0.4, 0.5) is 0 Å². The highest BCUT2D eigenvalue weighted by molar-refractivity contribution is 7.11. The summed E-state index contributed by atoms with van der Waals surface area (Å²) in [4.78, 5) is 3.04. The van der Waals surface area contributed by atoms with E-state index in [0.717, 1.165) is 12.3 Å². The van der Waals surface area contributed by atoms with Crippen LogP contribution < -0.4 is 5.32 Å². The number of fused-ring (bicyclic) bond motifs is 1. The molecule has 2 heteroatoms. The van der Waals surface area contributed by atoms with Crippen LogP contribution in [0.3, 0.4) is 0 Å². The molecule has 112 valence electrons. The van der Waals surface area contributed by atoms with Crippen LogP contribution in [0, 0.1) is 5.92 Å². The summed E-state index contributed by atoms with van der Waals surface area (Å²) < 4.78 is 0. The predicted molar refractivity (Wildman–Crippen MR) is 92.2 cm³/mol. The van der Waals surface area contributed by atoms with Crippen LogP contribution >= 0.6 is 11.3 Å². The van der Waals surface area contributed by atoms with Gasteiger partial charge in [-0.3, -0.25) is 0 Å². The minimum atomic E-state index is 0.599. The topological polar surface area (TPSA) is 12.0 Å². The summed E-state index contributed by atoms with van der Waals surface area (Å²) >= 11 is 1.99. The number of benzene rings is 1. The number of likely N-dealkylation sites (N-methyl/N-ethyl adjacent to an activating group) is 1. The molecule has 0 bridgehead atoms. The first kappa shape index (κ1) is 14.8. The van der Waals surface area contributed by atoms with Gasteiger partial charge in [0, 0.05) is 15.8 Å². The van der Waals surface area contributed by atoms with Gasteiger partial charge in [0.1, 0.15) is 0 Å². The average molecular weight is 299 g/mol. The van der Waals surface area contributed by atoms with E-state index < -0.39 is 0 Å². The molecule has 0 fully saturated rings. The maximum absolute atomic E-state index is 3.59. The Bertz CT molecular complexity index is 587. The number of nitrogens with one attached hydrogen (secondary N) is 1. The van der Waals surface area contributed by atoms with E-state index in [1.807, 2.05) is 11.3 Å². The number of aryl methyl sites for hydroxylation is 2. The molecule has 0 aliphatic heterocycles. The molecule has 0 saturated heterocycles. The molecule has 3 rings (SSSR count). The summed E-state index contributed by atoms with van der Waals surface area (Å²) in [5.74, 6) is 0.761. The highest BCUT2D eigenvalue weighted by Gasteiger charge is 2.25. The largest absolute Gasteiger partial charge is 0.316 e. The fourth-order valence-corrected chi connectivity index (χ4v) is 4.53. The smallest absolute Gasteiger partial charge is 0.0144 e. The van der Waals surface area contributed by atoms with Crippen molar-refractivity contribution in [1.82, 2.24) is 5.32 Å². The Balaban J connectivity index is 1.69. The predicted octanol–water partition coefficient (Wildman–Crippen LogP) is 4.25. The van der Waals surface area contributed by atoms with Crippen LogP contribution in [0.5, 0.6) is 0 Å². The molecule has 0 amide bonds. The molecular formula is C19H25NS. The Morgan fingerprint density at radius 3 is 2.62 bits per heavy atom. The lowest BCUT2D eigenvalue weighted by atomic mass is 9.79. The van der Waals surface area contributed by atoms with Crippen LogP contribution in [0.15, 0.2) is 36.4 Å². The Morgan fingerprint density at radius 1 is 1.14 bits per heavy atom. The van der Waals surface area contributed by atoms with Gasteiger partial charge in [-0.1, -0.05) is 31.2 Å². The van der Waals surface area contributed by atoms with Crippen molar-refractivity contribution in [3.63, 3.8) is 0 Å². The third kappa shape index (κ3) is 3.38. The highest BCUT2D eigenvalue weighted by atomic mass is 32.1. The molecule has 1 aromatic heterocycles. The summed E-state index contributed by atoms with van der Waals surface area (Å²) in [6, 6.07) is 14.2. The van der Waals surface area contributed by atoms with Gasteiger partial charge in [0.15, 0.2) is 0 Å². The van der Waals surface area contributed by atoms with Crippen LogP contribution in [0.1, 0.15) is 34.2 Å². The first-order valence-electron chi connectivity index (χ1n) is 8.11. The molecule has 1 nitrogen and oxygen atoms in total. The first-order chi connectivity index (χ1) is 10.3. The van der Waals surface area contributed by atoms with Gasteiger partial charge >= 0.3 is 0 Å². The van der Waals surface area contributed by atoms with Crippen LogP contribution in [-0.4, -0.2) is 13.1 Å². The zero-order chi connectivity index (χ0) is 14.7. The third-order valence-electron chi connectivity index (χ3n) is 4.81. The van der Waals surface area contributed by atoms with Gasteiger partial charge in [0.05, 0.1) is 0 Å². The van der Waals surface area contributed by atoms with Gasteiger partial charge in [0.25, 0.3) is 0 Å². The summed E-state index contributed by atoms with van der Waals surface area (Å²) in [7, 11) is 2.12. The standard InChI is InChI=1S/C19H25NS/c1-3-17-10-11-18(21-17)13-19(20-2)16-9-8-14-6-4-5-7-15(14)12-16/h4-7,10-11,16,19-20H,3,8-9,12-13H2,1-2H3. The summed E-state index contributed by atoms with van der Waals surface area (Å²) in [5, 5.41) is 3.59. The molecule has 0 saturated carbocycles. The van der Waals surface area contributed by atoms with Gasteiger partial charge in [0.2, 0.25) is 0 Å². The fraction of sp³-hybridized carbons (Fsp3) is 0.474. The molecule has 0 radical (unpaired) electrons. The van der Waals surface area contributed by atoms with Gasteiger partial charge < -0.3 is 5.32 Å². The molecule has 2 unspecified atom stereocenters. The van der Waals surface area contributed by atoms with Crippen LogP contribution in [0.25, 0.3) is 0 Å². The molecule has 1 N–H and O–H groups in total. The second-order valence-electron chi connectivity index (χ2n) is 6.09. The van der Waals surface area contributed by atoms with Crippen molar-refractivity contribution in [2.45, 2.75) is 45.1 Å². The molecular weight excluding hydrogens is 274 g/mol. The van der Waals surface area contributed by atoms with Crippen molar-refractivity contribution in [3.05, 3.63) is 57.3 Å². The molecule has 2 atom stereocenters. The molecule has 1 aliphatic carbocycles. The number of rotatable bonds is 5. The third-order valence-corrected chi connectivity index (χ3v) is 6.06. The maximum atomic E-state index is 3.59. The van der Waals surface area contributed by atoms with Gasteiger partial charge in [-0.15, -0.1) is 11.3 Å². The molecule has 2 aromatic rings. The first-order valence-corrected chi connectivity index (χ1v) is 8.93. The minimum Gasteiger partial charge on any atom is -0.316 e. The fourth-order valence-electron chi connectivity index (χ4n) is 3.51.